The topological polar surface area (TPSA) is 111 Å². The lowest BCUT2D eigenvalue weighted by molar-refractivity contribution is -0.123. The van der Waals surface area contributed by atoms with Gasteiger partial charge in [-0.2, -0.15) is 0 Å². The van der Waals surface area contributed by atoms with E-state index in [2.05, 4.69) is 19.2 Å². The minimum Gasteiger partial charge on any atom is -0.462 e. The van der Waals surface area contributed by atoms with Crippen molar-refractivity contribution in [3.05, 3.63) is 100 Å². The summed E-state index contributed by atoms with van der Waals surface area (Å²) >= 11 is 0. The molecule has 1 N–H and O–H groups in total. The van der Waals surface area contributed by atoms with Crippen molar-refractivity contribution in [2.45, 2.75) is 38.8 Å². The second-order valence-corrected chi connectivity index (χ2v) is 11.6. The fraction of sp³-hybridized carbons (Fsp3) is 0.303. The van der Waals surface area contributed by atoms with E-state index in [1.807, 2.05) is 36.4 Å². The number of amides is 2. The first-order valence-corrected chi connectivity index (χ1v) is 14.3. The molecule has 0 radical (unpaired) electrons. The molecule has 4 aromatic rings. The Kier molecular flexibility index (Phi) is 5.92. The van der Waals surface area contributed by atoms with E-state index >= 15 is 0 Å². The number of fused-ring (bicyclic) bond motifs is 8. The Balaban J connectivity index is 1.43. The number of rotatable bonds is 5. The maximum Gasteiger partial charge on any atom is 0.338 e. The Hall–Kier alpha value is -4.63. The molecule has 0 unspecified atom stereocenters. The van der Waals surface area contributed by atoms with Crippen LogP contribution in [0.3, 0.4) is 0 Å². The summed E-state index contributed by atoms with van der Waals surface area (Å²) in [5, 5.41) is 4.21. The summed E-state index contributed by atoms with van der Waals surface area (Å²) in [4.78, 5) is 61.2. The first kappa shape index (κ1) is 26.3. The standard InChI is InChI=1S/C33H30N4O5/c1-4-42-31(41)19-13-15-20(16-14-19)36-29(39)26-24(17-18(2)3)35-33(27(26)30(36)40)22-10-6-8-12-25(22)37-28(38)21-9-5-7-11-23(21)34-32(33)37/h5-16,18,24,26-27,35H,4,17H2,1-3H3/t24-,26+,27-,33+/m1/s1. The number of nitrogens with one attached hydrogen (secondary N) is 1. The number of para-hydroxylation sites is 2. The van der Waals surface area contributed by atoms with Crippen molar-refractivity contribution in [2.24, 2.45) is 17.8 Å². The number of hydrogen-bond donors (Lipinski definition) is 1. The average Bonchev–Trinajstić information content (AvgIpc) is 3.56. The number of hydrogen-bond acceptors (Lipinski definition) is 7. The van der Waals surface area contributed by atoms with Crippen LogP contribution in [0.1, 0.15) is 48.9 Å². The number of anilines is 1. The molecule has 4 heterocycles. The molecule has 2 amide bonds. The smallest absolute Gasteiger partial charge is 0.338 e. The van der Waals surface area contributed by atoms with Gasteiger partial charge in [-0.05, 0) is 61.7 Å². The predicted octanol–water partition coefficient (Wildman–Crippen LogP) is 3.94. The Morgan fingerprint density at radius 1 is 0.976 bits per heavy atom. The molecule has 1 aromatic heterocycles. The Morgan fingerprint density at radius 2 is 1.69 bits per heavy atom. The number of nitrogens with zero attached hydrogens (tertiary/aromatic N) is 3. The highest BCUT2D eigenvalue weighted by Crippen LogP contribution is 2.56. The number of aromatic nitrogens is 2. The monoisotopic (exact) mass is 562 g/mol. The van der Waals surface area contributed by atoms with Crippen LogP contribution in [0.25, 0.3) is 16.6 Å². The minimum absolute atomic E-state index is 0.214. The van der Waals surface area contributed by atoms with Crippen molar-refractivity contribution < 1.29 is 19.1 Å². The van der Waals surface area contributed by atoms with Gasteiger partial charge in [0.25, 0.3) is 5.56 Å². The SMILES string of the molecule is CCOC(=O)c1ccc(N2C(=O)[C@H]3[C@@H](CC(C)C)N[C@@]4(c5ccccc5-n5c4nc4ccccc4c5=O)[C@H]3C2=O)cc1. The molecular weight excluding hydrogens is 532 g/mol. The van der Waals surface area contributed by atoms with E-state index in [0.29, 0.717) is 40.1 Å². The molecular formula is C33H30N4O5. The van der Waals surface area contributed by atoms with E-state index in [9.17, 15) is 19.2 Å². The number of imide groups is 1. The zero-order chi connectivity index (χ0) is 29.3. The van der Waals surface area contributed by atoms with Gasteiger partial charge in [0, 0.05) is 11.6 Å². The van der Waals surface area contributed by atoms with Crippen LogP contribution in [0.2, 0.25) is 0 Å². The number of benzene rings is 3. The van der Waals surface area contributed by atoms with Gasteiger partial charge in [0.1, 0.15) is 11.4 Å². The Morgan fingerprint density at radius 3 is 2.43 bits per heavy atom. The number of carbonyl (C=O) groups is 3. The van der Waals surface area contributed by atoms with Crippen LogP contribution >= 0.6 is 0 Å². The Bertz CT molecular complexity index is 1850. The molecule has 0 saturated carbocycles. The highest BCUT2D eigenvalue weighted by atomic mass is 16.5. The molecule has 3 aliphatic rings. The maximum absolute atomic E-state index is 14.5. The number of ether oxygens (including phenoxy) is 1. The summed E-state index contributed by atoms with van der Waals surface area (Å²) in [6.07, 6.45) is 0.650. The van der Waals surface area contributed by atoms with Crippen LogP contribution < -0.4 is 15.8 Å². The van der Waals surface area contributed by atoms with Gasteiger partial charge >= 0.3 is 5.97 Å². The second kappa shape index (κ2) is 9.46. The van der Waals surface area contributed by atoms with Gasteiger partial charge in [0.05, 0.1) is 46.3 Å². The first-order valence-electron chi connectivity index (χ1n) is 14.3. The van der Waals surface area contributed by atoms with Gasteiger partial charge in [-0.25, -0.2) is 14.7 Å². The minimum atomic E-state index is -1.18. The molecule has 2 saturated heterocycles. The maximum atomic E-state index is 14.5. The normalized spacial score (nSPS) is 24.0. The molecule has 1 spiro atoms. The largest absolute Gasteiger partial charge is 0.462 e. The second-order valence-electron chi connectivity index (χ2n) is 11.6. The van der Waals surface area contributed by atoms with Gasteiger partial charge < -0.3 is 4.74 Å². The van der Waals surface area contributed by atoms with Crippen LogP contribution in [-0.2, 0) is 19.9 Å². The molecule has 0 bridgehead atoms. The molecule has 9 heteroatoms. The van der Waals surface area contributed by atoms with Gasteiger partial charge in [0.2, 0.25) is 11.8 Å². The van der Waals surface area contributed by atoms with Crippen LogP contribution in [-0.4, -0.2) is 40.0 Å². The molecule has 4 atom stereocenters. The van der Waals surface area contributed by atoms with E-state index < -0.39 is 23.3 Å². The van der Waals surface area contributed by atoms with E-state index in [1.54, 1.807) is 47.9 Å². The molecule has 3 aromatic carbocycles. The van der Waals surface area contributed by atoms with Crippen molar-refractivity contribution in [3.8, 4) is 5.69 Å². The number of carbonyl (C=O) groups excluding carboxylic acids is 3. The lowest BCUT2D eigenvalue weighted by Crippen LogP contribution is -2.50. The lowest BCUT2D eigenvalue weighted by atomic mass is 9.75. The van der Waals surface area contributed by atoms with Crippen molar-refractivity contribution in [1.29, 1.82) is 0 Å². The third kappa shape index (κ3) is 3.49. The van der Waals surface area contributed by atoms with Crippen molar-refractivity contribution in [3.63, 3.8) is 0 Å². The van der Waals surface area contributed by atoms with E-state index in [0.717, 1.165) is 5.56 Å². The summed E-state index contributed by atoms with van der Waals surface area (Å²) in [7, 11) is 0. The van der Waals surface area contributed by atoms with E-state index in [1.165, 1.54) is 4.90 Å². The fourth-order valence-corrected chi connectivity index (χ4v) is 7.14. The van der Waals surface area contributed by atoms with Crippen molar-refractivity contribution in [1.82, 2.24) is 14.9 Å². The Labute approximate surface area is 242 Å². The first-order chi connectivity index (χ1) is 20.3. The molecule has 7 rings (SSSR count). The highest BCUT2D eigenvalue weighted by Gasteiger charge is 2.69. The van der Waals surface area contributed by atoms with Crippen LogP contribution in [0.15, 0.2) is 77.6 Å². The quantitative estimate of drug-likeness (QED) is 0.290. The third-order valence-corrected chi connectivity index (χ3v) is 8.72. The lowest BCUT2D eigenvalue weighted by Gasteiger charge is -2.32. The van der Waals surface area contributed by atoms with Gasteiger partial charge in [-0.3, -0.25) is 24.3 Å². The van der Waals surface area contributed by atoms with Crippen LogP contribution in [0, 0.1) is 17.8 Å². The molecule has 2 fully saturated rings. The highest BCUT2D eigenvalue weighted by molar-refractivity contribution is 6.23. The number of esters is 1. The van der Waals surface area contributed by atoms with E-state index in [-0.39, 0.29) is 35.9 Å². The third-order valence-electron chi connectivity index (χ3n) is 8.72. The summed E-state index contributed by atoms with van der Waals surface area (Å²) in [6.45, 7) is 6.15. The van der Waals surface area contributed by atoms with Crippen LogP contribution in [0.4, 0.5) is 5.69 Å². The van der Waals surface area contributed by atoms with Gasteiger partial charge in [0.15, 0.2) is 0 Å². The van der Waals surface area contributed by atoms with Crippen molar-refractivity contribution >= 4 is 34.4 Å². The van der Waals surface area contributed by atoms with Gasteiger partial charge in [-0.15, -0.1) is 0 Å². The zero-order valence-corrected chi connectivity index (χ0v) is 23.5. The average molecular weight is 563 g/mol. The predicted molar refractivity (Wildman–Crippen MR) is 156 cm³/mol. The molecule has 212 valence electrons. The van der Waals surface area contributed by atoms with E-state index in [4.69, 9.17) is 9.72 Å². The van der Waals surface area contributed by atoms with Crippen LogP contribution in [0.5, 0.6) is 0 Å². The molecule has 42 heavy (non-hydrogen) atoms. The molecule has 0 aliphatic carbocycles. The zero-order valence-electron chi connectivity index (χ0n) is 23.5. The van der Waals surface area contributed by atoms with Gasteiger partial charge in [-0.1, -0.05) is 44.2 Å². The summed E-state index contributed by atoms with van der Waals surface area (Å²) < 4.78 is 6.69. The summed E-state index contributed by atoms with van der Waals surface area (Å²) in [5.41, 5.74) is 1.28. The molecule has 9 nitrogen and oxygen atoms in total. The fourth-order valence-electron chi connectivity index (χ4n) is 7.14. The molecule has 3 aliphatic heterocycles. The summed E-state index contributed by atoms with van der Waals surface area (Å²) in [6, 6.07) is 20.7. The van der Waals surface area contributed by atoms with Crippen molar-refractivity contribution in [2.75, 3.05) is 11.5 Å². The summed E-state index contributed by atoms with van der Waals surface area (Å²) in [5.74, 6) is -1.98.